The monoisotopic (exact) mass is 703 g/mol. The first kappa shape index (κ1) is 32.0. The number of benzene rings is 3. The molecule has 9 nitrogen and oxygen atoms in total. The van der Waals surface area contributed by atoms with Gasteiger partial charge in [0, 0.05) is 28.7 Å². The van der Waals surface area contributed by atoms with E-state index in [1.54, 1.807) is 18.2 Å². The molecule has 0 bridgehead atoms. The third kappa shape index (κ3) is 7.12. The number of hydrogen-bond donors (Lipinski definition) is 2. The van der Waals surface area contributed by atoms with Crippen molar-refractivity contribution in [2.24, 2.45) is 0 Å². The normalized spacial score (nSPS) is 13.3. The number of carbonyl (C=O) groups excluding carboxylic acids is 2. The highest BCUT2D eigenvalue weighted by Gasteiger charge is 2.29. The van der Waals surface area contributed by atoms with E-state index in [1.165, 1.54) is 36.5 Å². The van der Waals surface area contributed by atoms with Gasteiger partial charge in [-0.05, 0) is 65.9 Å². The maximum absolute atomic E-state index is 15.1. The fraction of sp³-hybridized carbons (Fsp3) is 0.194. The first-order chi connectivity index (χ1) is 21.5. The Bertz CT molecular complexity index is 1870. The number of anilines is 1. The van der Waals surface area contributed by atoms with Crippen LogP contribution in [0.2, 0.25) is 0 Å². The van der Waals surface area contributed by atoms with Crippen molar-refractivity contribution in [2.45, 2.75) is 30.2 Å². The van der Waals surface area contributed by atoms with E-state index in [9.17, 15) is 22.4 Å². The molecule has 1 aromatic heterocycles. The summed E-state index contributed by atoms with van der Waals surface area (Å²) in [6, 6.07) is 11.6. The number of esters is 1. The lowest BCUT2D eigenvalue weighted by Crippen LogP contribution is -2.43. The molecular weight excluding hydrogens is 679 g/mol. The van der Waals surface area contributed by atoms with E-state index in [4.69, 9.17) is 9.47 Å². The molecule has 0 saturated carbocycles. The highest BCUT2D eigenvalue weighted by atomic mass is 79.9. The van der Waals surface area contributed by atoms with Gasteiger partial charge in [-0.1, -0.05) is 34.1 Å². The van der Waals surface area contributed by atoms with Crippen molar-refractivity contribution in [1.29, 1.82) is 0 Å². The second-order valence-electron chi connectivity index (χ2n) is 10.0. The van der Waals surface area contributed by atoms with Crippen LogP contribution in [-0.4, -0.2) is 45.0 Å². The van der Waals surface area contributed by atoms with E-state index in [0.29, 0.717) is 41.2 Å². The van der Waals surface area contributed by atoms with Gasteiger partial charge in [-0.15, -0.1) is 0 Å². The van der Waals surface area contributed by atoms with Gasteiger partial charge in [0.15, 0.2) is 0 Å². The molecule has 0 radical (unpaired) electrons. The zero-order chi connectivity index (χ0) is 32.3. The number of nitrogens with zero attached hydrogens (tertiary/aromatic N) is 1. The van der Waals surface area contributed by atoms with Crippen molar-refractivity contribution in [3.8, 4) is 16.9 Å². The largest absolute Gasteiger partial charge is 0.493 e. The molecule has 5 rings (SSSR count). The molecule has 1 aliphatic heterocycles. The number of sulfonamides is 1. The van der Waals surface area contributed by atoms with Gasteiger partial charge in [-0.2, -0.15) is 4.39 Å². The summed E-state index contributed by atoms with van der Waals surface area (Å²) in [6.07, 6.45) is 2.73. The van der Waals surface area contributed by atoms with E-state index in [2.05, 4.69) is 31.0 Å². The number of methoxy groups -OCH3 is 1. The third-order valence-electron chi connectivity index (χ3n) is 7.06. The number of pyridine rings is 1. The summed E-state index contributed by atoms with van der Waals surface area (Å²) in [5.74, 6) is -4.97. The number of rotatable bonds is 9. The Hall–Kier alpha value is -4.43. The van der Waals surface area contributed by atoms with Crippen LogP contribution in [0, 0.1) is 17.6 Å². The summed E-state index contributed by atoms with van der Waals surface area (Å²) in [4.78, 5) is 28.9. The first-order valence-electron chi connectivity index (χ1n) is 13.5. The maximum Gasteiger partial charge on any atom is 0.328 e. The SMILES string of the molecule is COC(=O)[C@H](Cc1ccc(Br)c2c1OCCC2)NC(=O)c1c(F)cc(NS(=O)(=O)c2ccc(-c3ccnc(F)c3)cc2)cc1F. The van der Waals surface area contributed by atoms with Crippen LogP contribution in [0.3, 0.4) is 0 Å². The second kappa shape index (κ2) is 13.3. The molecule has 1 amide bonds. The molecule has 14 heteroatoms. The van der Waals surface area contributed by atoms with Crippen molar-refractivity contribution >= 4 is 43.5 Å². The van der Waals surface area contributed by atoms with Crippen LogP contribution in [-0.2, 0) is 32.4 Å². The van der Waals surface area contributed by atoms with Crippen molar-refractivity contribution in [2.75, 3.05) is 18.4 Å². The Morgan fingerprint density at radius 1 is 1.02 bits per heavy atom. The molecule has 0 spiro atoms. The summed E-state index contributed by atoms with van der Waals surface area (Å²) >= 11 is 3.48. The average Bonchev–Trinajstić information content (AvgIpc) is 3.01. The predicted octanol–water partition coefficient (Wildman–Crippen LogP) is 5.57. The number of fused-ring (bicyclic) bond motifs is 1. The number of ether oxygens (including phenoxy) is 2. The molecule has 3 aromatic carbocycles. The van der Waals surface area contributed by atoms with Gasteiger partial charge in [-0.25, -0.2) is 27.0 Å². The van der Waals surface area contributed by atoms with Crippen LogP contribution in [0.5, 0.6) is 5.75 Å². The molecule has 0 unspecified atom stereocenters. The van der Waals surface area contributed by atoms with Crippen LogP contribution in [0.15, 0.2) is 76.2 Å². The molecule has 2 N–H and O–H groups in total. The van der Waals surface area contributed by atoms with Gasteiger partial charge < -0.3 is 14.8 Å². The standard InChI is InChI=1S/C31H25BrF3N3O6S/c1-43-31(40)26(13-19-6-9-23(32)22-3-2-12-44-29(19)22)37-30(39)28-24(33)15-20(16-25(28)34)38-45(41,42)21-7-4-17(5-8-21)18-10-11-36-27(35)14-18/h4-11,14-16,26,38H,2-3,12-13H2,1H3,(H,37,39)/t26-/m0/s1. The first-order valence-corrected chi connectivity index (χ1v) is 15.8. The number of carbonyl (C=O) groups is 2. The Morgan fingerprint density at radius 3 is 2.40 bits per heavy atom. The molecule has 0 saturated heterocycles. The molecule has 0 fully saturated rings. The second-order valence-corrected chi connectivity index (χ2v) is 12.6. The molecular formula is C31H25BrF3N3O6S. The number of amides is 1. The fourth-order valence-electron chi connectivity index (χ4n) is 4.91. The highest BCUT2D eigenvalue weighted by Crippen LogP contribution is 2.35. The summed E-state index contributed by atoms with van der Waals surface area (Å²) in [5.41, 5.74) is 0.982. The molecule has 45 heavy (non-hydrogen) atoms. The van der Waals surface area contributed by atoms with Crippen LogP contribution in [0.1, 0.15) is 27.9 Å². The Balaban J connectivity index is 1.33. The Kier molecular flexibility index (Phi) is 9.44. The van der Waals surface area contributed by atoms with Crippen molar-refractivity contribution in [1.82, 2.24) is 10.3 Å². The highest BCUT2D eigenvalue weighted by molar-refractivity contribution is 9.10. The van der Waals surface area contributed by atoms with Gasteiger partial charge in [0.2, 0.25) is 5.95 Å². The van der Waals surface area contributed by atoms with Crippen molar-refractivity contribution in [3.63, 3.8) is 0 Å². The molecule has 4 aromatic rings. The smallest absolute Gasteiger partial charge is 0.328 e. The number of hydrogen-bond acceptors (Lipinski definition) is 7. The maximum atomic E-state index is 15.1. The van der Waals surface area contributed by atoms with Crippen LogP contribution < -0.4 is 14.8 Å². The predicted molar refractivity (Wildman–Crippen MR) is 162 cm³/mol. The summed E-state index contributed by atoms with van der Waals surface area (Å²) in [6.45, 7) is 0.469. The Labute approximate surface area is 265 Å². The molecule has 1 aliphatic rings. The minimum Gasteiger partial charge on any atom is -0.493 e. The summed E-state index contributed by atoms with van der Waals surface area (Å²) < 4.78 is 83.1. The Morgan fingerprint density at radius 2 is 1.73 bits per heavy atom. The molecule has 2 heterocycles. The van der Waals surface area contributed by atoms with E-state index in [-0.39, 0.29) is 11.3 Å². The van der Waals surface area contributed by atoms with E-state index >= 15 is 8.78 Å². The number of halogens is 4. The number of aromatic nitrogens is 1. The van der Waals surface area contributed by atoms with Crippen LogP contribution >= 0.6 is 15.9 Å². The van der Waals surface area contributed by atoms with E-state index in [0.717, 1.165) is 30.0 Å². The summed E-state index contributed by atoms with van der Waals surface area (Å²) in [5, 5.41) is 2.32. The quantitative estimate of drug-likeness (QED) is 0.173. The fourth-order valence-corrected chi connectivity index (χ4v) is 6.46. The van der Waals surface area contributed by atoms with Gasteiger partial charge in [-0.3, -0.25) is 9.52 Å². The topological polar surface area (TPSA) is 124 Å². The van der Waals surface area contributed by atoms with Crippen LogP contribution in [0.25, 0.3) is 11.1 Å². The third-order valence-corrected chi connectivity index (χ3v) is 9.20. The lowest BCUT2D eigenvalue weighted by atomic mass is 9.97. The molecule has 1 atom stereocenters. The minimum absolute atomic E-state index is 0.0793. The van der Waals surface area contributed by atoms with Gasteiger partial charge in [0.1, 0.15) is 29.0 Å². The molecule has 234 valence electrons. The average molecular weight is 705 g/mol. The number of nitrogens with one attached hydrogen (secondary N) is 2. The molecule has 0 aliphatic carbocycles. The summed E-state index contributed by atoms with van der Waals surface area (Å²) in [7, 11) is -3.20. The lowest BCUT2D eigenvalue weighted by Gasteiger charge is -2.24. The van der Waals surface area contributed by atoms with Gasteiger partial charge >= 0.3 is 5.97 Å². The van der Waals surface area contributed by atoms with E-state index in [1.807, 2.05) is 0 Å². The lowest BCUT2D eigenvalue weighted by molar-refractivity contribution is -0.142. The van der Waals surface area contributed by atoms with Gasteiger partial charge in [0.05, 0.1) is 24.3 Å². The van der Waals surface area contributed by atoms with Crippen molar-refractivity contribution < 1.29 is 40.7 Å². The zero-order valence-electron chi connectivity index (χ0n) is 23.6. The van der Waals surface area contributed by atoms with Crippen LogP contribution in [0.4, 0.5) is 18.9 Å². The van der Waals surface area contributed by atoms with Crippen molar-refractivity contribution in [3.05, 3.63) is 106 Å². The van der Waals surface area contributed by atoms with Gasteiger partial charge in [0.25, 0.3) is 15.9 Å². The zero-order valence-corrected chi connectivity index (χ0v) is 26.0. The van der Waals surface area contributed by atoms with E-state index < -0.39 is 56.8 Å². The minimum atomic E-state index is -4.31.